The van der Waals surface area contributed by atoms with E-state index in [-0.39, 0.29) is 17.6 Å². The Bertz CT molecular complexity index is 726. The molecular weight excluding hydrogens is 320 g/mol. The first-order chi connectivity index (χ1) is 11.6. The molecule has 0 radical (unpaired) electrons. The number of rotatable bonds is 7. The van der Waals surface area contributed by atoms with Gasteiger partial charge >= 0.3 is 0 Å². The molecule has 2 aromatic rings. The van der Waals surface area contributed by atoms with E-state index >= 15 is 0 Å². The predicted octanol–water partition coefficient (Wildman–Crippen LogP) is 3.64. The Kier molecular flexibility index (Phi) is 6.63. The van der Waals surface area contributed by atoms with E-state index in [1.54, 1.807) is 30.3 Å². The van der Waals surface area contributed by atoms with Gasteiger partial charge in [-0.15, -0.1) is 18.3 Å². The zero-order valence-electron chi connectivity index (χ0n) is 13.5. The van der Waals surface area contributed by atoms with Crippen molar-refractivity contribution >= 4 is 29.3 Å². The molecule has 0 aliphatic carbocycles. The van der Waals surface area contributed by atoms with Gasteiger partial charge in [-0.25, -0.2) is 0 Å². The number of amides is 2. The van der Waals surface area contributed by atoms with Crippen LogP contribution in [0.15, 0.2) is 66.1 Å². The molecule has 0 aromatic heterocycles. The number of nitrogens with one attached hydrogen (secondary N) is 2. The molecular formula is C19H20N2O2S. The number of aryl methyl sites for hydroxylation is 1. The smallest absolute Gasteiger partial charge is 0.253 e. The molecule has 124 valence electrons. The van der Waals surface area contributed by atoms with Crippen LogP contribution < -0.4 is 10.6 Å². The Labute approximate surface area is 146 Å². The Morgan fingerprint density at radius 3 is 2.54 bits per heavy atom. The van der Waals surface area contributed by atoms with Crippen LogP contribution in [0.2, 0.25) is 0 Å². The maximum Gasteiger partial charge on any atom is 0.253 e. The maximum absolute atomic E-state index is 12.2. The van der Waals surface area contributed by atoms with E-state index in [1.807, 2.05) is 31.2 Å². The summed E-state index contributed by atoms with van der Waals surface area (Å²) < 4.78 is 0. The van der Waals surface area contributed by atoms with E-state index < -0.39 is 0 Å². The summed E-state index contributed by atoms with van der Waals surface area (Å²) in [4.78, 5) is 25.3. The third-order valence-corrected chi connectivity index (χ3v) is 4.26. The third kappa shape index (κ3) is 5.28. The van der Waals surface area contributed by atoms with Gasteiger partial charge in [-0.05, 0) is 31.2 Å². The summed E-state index contributed by atoms with van der Waals surface area (Å²) in [5, 5.41) is 5.51. The molecule has 0 saturated heterocycles. The van der Waals surface area contributed by atoms with E-state index in [1.165, 1.54) is 17.3 Å². The average molecular weight is 340 g/mol. The molecule has 24 heavy (non-hydrogen) atoms. The quantitative estimate of drug-likeness (QED) is 0.597. The number of hydrogen-bond donors (Lipinski definition) is 2. The highest BCUT2D eigenvalue weighted by Gasteiger charge is 2.12. The van der Waals surface area contributed by atoms with Crippen LogP contribution in [-0.4, -0.2) is 24.1 Å². The van der Waals surface area contributed by atoms with E-state index in [0.29, 0.717) is 17.8 Å². The van der Waals surface area contributed by atoms with Gasteiger partial charge in [-0.2, -0.15) is 0 Å². The van der Waals surface area contributed by atoms with Crippen LogP contribution in [-0.2, 0) is 4.79 Å². The molecule has 4 nitrogen and oxygen atoms in total. The molecule has 0 bridgehead atoms. The number of anilines is 1. The molecule has 0 unspecified atom stereocenters. The SMILES string of the molecule is C=CCNC(=O)c1ccccc1NC(=O)CSc1ccc(C)cc1. The second-order valence-corrected chi connectivity index (χ2v) is 6.24. The minimum absolute atomic E-state index is 0.149. The number of carbonyl (C=O) groups excluding carboxylic acids is 2. The normalized spacial score (nSPS) is 10.0. The lowest BCUT2D eigenvalue weighted by atomic mass is 10.1. The van der Waals surface area contributed by atoms with Crippen molar-refractivity contribution in [1.29, 1.82) is 0 Å². The molecule has 2 aromatic carbocycles. The van der Waals surface area contributed by atoms with Gasteiger partial charge in [0.1, 0.15) is 0 Å². The molecule has 0 aliphatic heterocycles. The lowest BCUT2D eigenvalue weighted by molar-refractivity contribution is -0.113. The van der Waals surface area contributed by atoms with E-state index in [0.717, 1.165) is 4.90 Å². The zero-order valence-corrected chi connectivity index (χ0v) is 14.4. The van der Waals surface area contributed by atoms with Crippen molar-refractivity contribution in [3.8, 4) is 0 Å². The van der Waals surface area contributed by atoms with Crippen molar-refractivity contribution in [2.75, 3.05) is 17.6 Å². The largest absolute Gasteiger partial charge is 0.349 e. The fourth-order valence-electron chi connectivity index (χ4n) is 2.02. The van der Waals surface area contributed by atoms with Gasteiger partial charge < -0.3 is 10.6 Å². The molecule has 5 heteroatoms. The van der Waals surface area contributed by atoms with Gasteiger partial charge in [0.25, 0.3) is 5.91 Å². The highest BCUT2D eigenvalue weighted by Crippen LogP contribution is 2.20. The molecule has 2 N–H and O–H groups in total. The molecule has 0 fully saturated rings. The molecule has 0 spiro atoms. The maximum atomic E-state index is 12.2. The first-order valence-electron chi connectivity index (χ1n) is 7.57. The van der Waals surface area contributed by atoms with E-state index in [9.17, 15) is 9.59 Å². The molecule has 0 heterocycles. The van der Waals surface area contributed by atoms with Crippen LogP contribution in [0.1, 0.15) is 15.9 Å². The lowest BCUT2D eigenvalue weighted by Crippen LogP contribution is -2.25. The van der Waals surface area contributed by atoms with Crippen LogP contribution in [0.4, 0.5) is 5.69 Å². The van der Waals surface area contributed by atoms with Gasteiger partial charge in [0, 0.05) is 11.4 Å². The van der Waals surface area contributed by atoms with Crippen LogP contribution in [0.3, 0.4) is 0 Å². The van der Waals surface area contributed by atoms with E-state index in [2.05, 4.69) is 17.2 Å². The number of thioether (sulfide) groups is 1. The monoisotopic (exact) mass is 340 g/mol. The van der Waals surface area contributed by atoms with Crippen LogP contribution in [0.25, 0.3) is 0 Å². The third-order valence-electron chi connectivity index (χ3n) is 3.24. The number of hydrogen-bond acceptors (Lipinski definition) is 3. The molecule has 2 amide bonds. The second kappa shape index (κ2) is 8.93. The number of carbonyl (C=O) groups is 2. The summed E-state index contributed by atoms with van der Waals surface area (Å²) in [5.41, 5.74) is 2.13. The van der Waals surface area contributed by atoms with Gasteiger partial charge in [0.15, 0.2) is 0 Å². The Morgan fingerprint density at radius 2 is 1.83 bits per heavy atom. The fraction of sp³-hybridized carbons (Fsp3) is 0.158. The fourth-order valence-corrected chi connectivity index (χ4v) is 2.72. The summed E-state index contributed by atoms with van der Waals surface area (Å²) >= 11 is 1.46. The van der Waals surface area contributed by atoms with Crippen molar-refractivity contribution in [3.05, 3.63) is 72.3 Å². The first-order valence-corrected chi connectivity index (χ1v) is 8.56. The van der Waals surface area contributed by atoms with Crippen molar-refractivity contribution in [2.24, 2.45) is 0 Å². The highest BCUT2D eigenvalue weighted by molar-refractivity contribution is 8.00. The Balaban J connectivity index is 1.97. The summed E-state index contributed by atoms with van der Waals surface area (Å²) in [6.45, 7) is 5.97. The van der Waals surface area contributed by atoms with Crippen molar-refractivity contribution in [1.82, 2.24) is 5.32 Å². The second-order valence-electron chi connectivity index (χ2n) is 5.19. The van der Waals surface area contributed by atoms with Gasteiger partial charge in [-0.1, -0.05) is 35.9 Å². The van der Waals surface area contributed by atoms with Gasteiger partial charge in [0.2, 0.25) is 5.91 Å². The Hall–Kier alpha value is -2.53. The van der Waals surface area contributed by atoms with Crippen molar-refractivity contribution in [3.63, 3.8) is 0 Å². The average Bonchev–Trinajstić information content (AvgIpc) is 2.59. The van der Waals surface area contributed by atoms with Crippen molar-refractivity contribution in [2.45, 2.75) is 11.8 Å². The van der Waals surface area contributed by atoms with Crippen LogP contribution >= 0.6 is 11.8 Å². The first kappa shape index (κ1) is 17.8. The predicted molar refractivity (Wildman–Crippen MR) is 99.5 cm³/mol. The van der Waals surface area contributed by atoms with Crippen LogP contribution in [0.5, 0.6) is 0 Å². The Morgan fingerprint density at radius 1 is 1.12 bits per heavy atom. The minimum Gasteiger partial charge on any atom is -0.349 e. The van der Waals surface area contributed by atoms with E-state index in [4.69, 9.17) is 0 Å². The van der Waals surface area contributed by atoms with Crippen LogP contribution in [0, 0.1) is 6.92 Å². The highest BCUT2D eigenvalue weighted by atomic mass is 32.2. The molecule has 0 saturated carbocycles. The standard InChI is InChI=1S/C19H20N2O2S/c1-3-12-20-19(23)16-6-4-5-7-17(16)21-18(22)13-24-15-10-8-14(2)9-11-15/h3-11H,1,12-13H2,2H3,(H,20,23)(H,21,22). The topological polar surface area (TPSA) is 58.2 Å². The summed E-state index contributed by atoms with van der Waals surface area (Å²) in [7, 11) is 0. The minimum atomic E-state index is -0.239. The number of benzene rings is 2. The number of para-hydroxylation sites is 1. The van der Waals surface area contributed by atoms with Gasteiger partial charge in [0.05, 0.1) is 17.0 Å². The summed E-state index contributed by atoms with van der Waals surface area (Å²) in [6.07, 6.45) is 1.61. The summed E-state index contributed by atoms with van der Waals surface area (Å²) in [6, 6.07) is 15.0. The van der Waals surface area contributed by atoms with Gasteiger partial charge in [-0.3, -0.25) is 9.59 Å². The molecule has 0 aliphatic rings. The lowest BCUT2D eigenvalue weighted by Gasteiger charge is -2.10. The molecule has 0 atom stereocenters. The zero-order chi connectivity index (χ0) is 17.4. The summed E-state index contributed by atoms with van der Waals surface area (Å²) in [5.74, 6) is -0.104. The van der Waals surface area contributed by atoms with Crippen molar-refractivity contribution < 1.29 is 9.59 Å². The molecule has 2 rings (SSSR count).